The van der Waals surface area contributed by atoms with Crippen molar-refractivity contribution in [2.45, 2.75) is 63.8 Å². The third-order valence-electron chi connectivity index (χ3n) is 8.25. The molecule has 2 aliphatic heterocycles. The molecule has 12 nitrogen and oxygen atoms in total. The number of nitrogens with zero attached hydrogens (tertiary/aromatic N) is 5. The van der Waals surface area contributed by atoms with Crippen molar-refractivity contribution in [2.24, 2.45) is 5.41 Å². The summed E-state index contributed by atoms with van der Waals surface area (Å²) in [7, 11) is 0. The number of carboxylic acid groups (broad SMARTS) is 2. The smallest absolute Gasteiger partial charge is 0.429 e. The van der Waals surface area contributed by atoms with E-state index in [1.54, 1.807) is 25.3 Å². The topological polar surface area (TPSA) is 169 Å². The Balaban J connectivity index is 1.40. The lowest BCUT2D eigenvalue weighted by atomic mass is 9.76. The Labute approximate surface area is 251 Å². The van der Waals surface area contributed by atoms with E-state index in [1.165, 1.54) is 22.9 Å². The molecule has 3 aromatic rings. The Hall–Kier alpha value is -4.40. The fourth-order valence-electron chi connectivity index (χ4n) is 5.92. The van der Waals surface area contributed by atoms with Crippen LogP contribution in [0.15, 0.2) is 36.5 Å². The molecule has 0 aliphatic carbocycles. The summed E-state index contributed by atoms with van der Waals surface area (Å²) >= 11 is 0. The lowest BCUT2D eigenvalue weighted by molar-refractivity contribution is -0.198. The summed E-state index contributed by atoms with van der Waals surface area (Å²) in [5.41, 5.74) is 6.95. The van der Waals surface area contributed by atoms with Crippen LogP contribution >= 0.6 is 0 Å². The standard InChI is InChI=1S/C29H34F3N7O5/c1-17-7-10-39(37-17)21-13-18(3-2-4-24(40)41)5-6-19(21)25(29(30,31)32)44-23-14-22(35-27(33)36-23)38-11-8-28(9-12-38)15-20(26(42)43)34-16-28/h5-7,10,13-14,20,25,34H,2-4,8-9,11-12,15-16H2,1H3,(H,40,41)(H,42,43)(H2,33,35,36)/t20-,25+/m0/s1. The molecule has 1 spiro atoms. The van der Waals surface area contributed by atoms with Gasteiger partial charge in [-0.1, -0.05) is 12.1 Å². The molecule has 236 valence electrons. The number of benzene rings is 1. The van der Waals surface area contributed by atoms with Crippen molar-refractivity contribution in [1.29, 1.82) is 0 Å². The maximum atomic E-state index is 14.6. The molecule has 4 heterocycles. The number of rotatable bonds is 10. The first-order valence-corrected chi connectivity index (χ1v) is 14.3. The second kappa shape index (κ2) is 12.3. The van der Waals surface area contributed by atoms with Crippen molar-refractivity contribution < 1.29 is 37.7 Å². The van der Waals surface area contributed by atoms with Gasteiger partial charge in [0.15, 0.2) is 0 Å². The molecular weight excluding hydrogens is 583 g/mol. The summed E-state index contributed by atoms with van der Waals surface area (Å²) in [5, 5.41) is 25.7. The number of nitrogens with two attached hydrogens (primary N) is 1. The van der Waals surface area contributed by atoms with Gasteiger partial charge in [-0.3, -0.25) is 9.59 Å². The predicted molar refractivity (Wildman–Crippen MR) is 153 cm³/mol. The number of piperidine rings is 1. The van der Waals surface area contributed by atoms with Crippen LogP contribution in [0.4, 0.5) is 24.9 Å². The zero-order chi connectivity index (χ0) is 31.6. The second-order valence-electron chi connectivity index (χ2n) is 11.5. The SMILES string of the molecule is Cc1ccn(-c2cc(CCCC(=O)O)ccc2[C@@H](Oc2cc(N3CCC4(CC3)CN[C@H](C(=O)O)C4)nc(N)n2)C(F)(F)F)n1. The Morgan fingerprint density at radius 1 is 1.18 bits per heavy atom. The normalized spacial score (nSPS) is 18.8. The largest absolute Gasteiger partial charge is 0.481 e. The molecule has 5 rings (SSSR count). The number of anilines is 2. The van der Waals surface area contributed by atoms with Gasteiger partial charge in [0.25, 0.3) is 0 Å². The maximum absolute atomic E-state index is 14.6. The van der Waals surface area contributed by atoms with Gasteiger partial charge in [0, 0.05) is 43.9 Å². The average molecular weight is 618 g/mol. The number of nitrogens with one attached hydrogen (secondary N) is 1. The lowest BCUT2D eigenvalue weighted by Crippen LogP contribution is -2.41. The summed E-state index contributed by atoms with van der Waals surface area (Å²) in [6.07, 6.45) is -3.25. The number of carboxylic acids is 2. The van der Waals surface area contributed by atoms with Crippen LogP contribution in [-0.2, 0) is 16.0 Å². The number of hydrogen-bond donors (Lipinski definition) is 4. The van der Waals surface area contributed by atoms with Crippen LogP contribution in [0.1, 0.15) is 55.0 Å². The fourth-order valence-corrected chi connectivity index (χ4v) is 5.92. The van der Waals surface area contributed by atoms with E-state index in [0.29, 0.717) is 68.8 Å². The van der Waals surface area contributed by atoms with Crippen LogP contribution in [0.25, 0.3) is 5.69 Å². The lowest BCUT2D eigenvalue weighted by Gasteiger charge is -2.39. The van der Waals surface area contributed by atoms with Gasteiger partial charge >= 0.3 is 18.1 Å². The van der Waals surface area contributed by atoms with Crippen LogP contribution in [0.3, 0.4) is 0 Å². The number of carbonyl (C=O) groups is 2. The number of alkyl halides is 3. The summed E-state index contributed by atoms with van der Waals surface area (Å²) in [4.78, 5) is 32.4. The van der Waals surface area contributed by atoms with E-state index in [9.17, 15) is 27.9 Å². The van der Waals surface area contributed by atoms with Gasteiger partial charge in [0.05, 0.1) is 11.4 Å². The van der Waals surface area contributed by atoms with Crippen LogP contribution in [0.2, 0.25) is 0 Å². The molecule has 44 heavy (non-hydrogen) atoms. The van der Waals surface area contributed by atoms with E-state index in [0.717, 1.165) is 0 Å². The van der Waals surface area contributed by atoms with Crippen molar-refractivity contribution in [2.75, 3.05) is 30.3 Å². The number of hydrogen-bond acceptors (Lipinski definition) is 9. The first-order valence-electron chi connectivity index (χ1n) is 14.3. The molecule has 2 aromatic heterocycles. The molecule has 5 N–H and O–H groups in total. The molecule has 2 fully saturated rings. The molecule has 0 unspecified atom stereocenters. The van der Waals surface area contributed by atoms with Crippen molar-refractivity contribution >= 4 is 23.7 Å². The molecule has 0 saturated carbocycles. The molecular formula is C29H34F3N7O5. The minimum atomic E-state index is -4.85. The second-order valence-corrected chi connectivity index (χ2v) is 11.5. The number of nitrogen functional groups attached to an aromatic ring is 1. The third-order valence-corrected chi connectivity index (χ3v) is 8.25. The molecule has 0 radical (unpaired) electrons. The summed E-state index contributed by atoms with van der Waals surface area (Å²) < 4.78 is 50.8. The van der Waals surface area contributed by atoms with Crippen molar-refractivity contribution in [3.8, 4) is 11.6 Å². The number of halogens is 3. The fraction of sp³-hybridized carbons (Fsp3) is 0.483. The molecule has 0 bridgehead atoms. The number of ether oxygens (including phenoxy) is 1. The van der Waals surface area contributed by atoms with E-state index in [-0.39, 0.29) is 34.9 Å². The first-order chi connectivity index (χ1) is 20.8. The first kappa shape index (κ1) is 31.0. The Bertz CT molecular complexity index is 1520. The number of aromatic nitrogens is 4. The van der Waals surface area contributed by atoms with Crippen LogP contribution < -0.4 is 20.7 Å². The van der Waals surface area contributed by atoms with E-state index in [1.807, 2.05) is 4.90 Å². The molecule has 2 aliphatic rings. The van der Waals surface area contributed by atoms with Crippen molar-refractivity contribution in [1.82, 2.24) is 25.1 Å². The molecule has 0 amide bonds. The molecule has 15 heteroatoms. The number of aryl methyl sites for hydroxylation is 2. The van der Waals surface area contributed by atoms with E-state index < -0.39 is 30.3 Å². The van der Waals surface area contributed by atoms with Crippen LogP contribution in [0, 0.1) is 12.3 Å². The van der Waals surface area contributed by atoms with Gasteiger partial charge in [0.1, 0.15) is 11.9 Å². The molecule has 2 saturated heterocycles. The average Bonchev–Trinajstić information content (AvgIpc) is 3.58. The third kappa shape index (κ3) is 7.04. The highest BCUT2D eigenvalue weighted by molar-refractivity contribution is 5.74. The van der Waals surface area contributed by atoms with Crippen molar-refractivity contribution in [3.05, 3.63) is 53.3 Å². The minimum Gasteiger partial charge on any atom is -0.481 e. The maximum Gasteiger partial charge on any atom is 0.429 e. The summed E-state index contributed by atoms with van der Waals surface area (Å²) in [5.74, 6) is -2.11. The van der Waals surface area contributed by atoms with Gasteiger partial charge in [-0.05, 0) is 62.1 Å². The van der Waals surface area contributed by atoms with Gasteiger partial charge < -0.3 is 30.9 Å². The highest BCUT2D eigenvalue weighted by atomic mass is 19.4. The van der Waals surface area contributed by atoms with Gasteiger partial charge in [-0.2, -0.15) is 28.2 Å². The van der Waals surface area contributed by atoms with Crippen molar-refractivity contribution in [3.63, 3.8) is 0 Å². The Morgan fingerprint density at radius 3 is 2.55 bits per heavy atom. The zero-order valence-electron chi connectivity index (χ0n) is 24.0. The Morgan fingerprint density at radius 2 is 1.93 bits per heavy atom. The summed E-state index contributed by atoms with van der Waals surface area (Å²) in [6, 6.07) is 6.80. The monoisotopic (exact) mass is 617 g/mol. The molecule has 1 aromatic carbocycles. The van der Waals surface area contributed by atoms with Gasteiger partial charge in [-0.15, -0.1) is 0 Å². The predicted octanol–water partition coefficient (Wildman–Crippen LogP) is 3.68. The number of aliphatic carboxylic acids is 2. The highest BCUT2D eigenvalue weighted by Crippen LogP contribution is 2.42. The van der Waals surface area contributed by atoms with Gasteiger partial charge in [-0.25, -0.2) is 4.68 Å². The van der Waals surface area contributed by atoms with Gasteiger partial charge in [0.2, 0.25) is 17.9 Å². The zero-order valence-corrected chi connectivity index (χ0v) is 24.0. The Kier molecular flexibility index (Phi) is 8.68. The summed E-state index contributed by atoms with van der Waals surface area (Å²) in [6.45, 7) is 3.32. The highest BCUT2D eigenvalue weighted by Gasteiger charge is 2.46. The van der Waals surface area contributed by atoms with Crippen LogP contribution in [0.5, 0.6) is 5.88 Å². The minimum absolute atomic E-state index is 0.0680. The quantitative estimate of drug-likeness (QED) is 0.262. The van der Waals surface area contributed by atoms with E-state index in [2.05, 4.69) is 20.4 Å². The van der Waals surface area contributed by atoms with E-state index in [4.69, 9.17) is 15.6 Å². The van der Waals surface area contributed by atoms with Crippen LogP contribution in [-0.4, -0.2) is 73.8 Å². The van der Waals surface area contributed by atoms with E-state index >= 15 is 0 Å². The molecule has 2 atom stereocenters.